The minimum Gasteiger partial charge on any atom is -0.478 e. The van der Waals surface area contributed by atoms with E-state index >= 15 is 0 Å². The number of fused-ring (bicyclic) bond motifs is 1. The van der Waals surface area contributed by atoms with Gasteiger partial charge >= 0.3 is 5.97 Å². The largest absolute Gasteiger partial charge is 0.478 e. The number of hydrogen-bond donors (Lipinski definition) is 1. The summed E-state index contributed by atoms with van der Waals surface area (Å²) in [7, 11) is 0. The Labute approximate surface area is 144 Å². The van der Waals surface area contributed by atoms with E-state index in [0.717, 1.165) is 5.56 Å². The molecule has 0 unspecified atom stereocenters. The van der Waals surface area contributed by atoms with Crippen LogP contribution in [-0.2, 0) is 0 Å². The second-order valence-electron chi connectivity index (χ2n) is 5.76. The molecule has 0 saturated heterocycles. The topological polar surface area (TPSA) is 37.3 Å². The van der Waals surface area contributed by atoms with Gasteiger partial charge in [-0.15, -0.1) is 23.1 Å². The van der Waals surface area contributed by atoms with Crippen LogP contribution in [0.2, 0.25) is 0 Å². The molecule has 0 aliphatic rings. The summed E-state index contributed by atoms with van der Waals surface area (Å²) in [4.78, 5) is 13.6. The molecule has 0 spiro atoms. The van der Waals surface area contributed by atoms with Gasteiger partial charge in [0.1, 0.15) is 0 Å². The molecule has 0 aliphatic carbocycles. The Morgan fingerprint density at radius 2 is 1.83 bits per heavy atom. The van der Waals surface area contributed by atoms with Crippen molar-refractivity contribution in [2.75, 3.05) is 0 Å². The fourth-order valence-electron chi connectivity index (χ4n) is 2.59. The number of benzene rings is 2. The van der Waals surface area contributed by atoms with Crippen LogP contribution < -0.4 is 0 Å². The van der Waals surface area contributed by atoms with Gasteiger partial charge < -0.3 is 5.11 Å². The number of carbonyl (C=O) groups is 1. The third-order valence-corrected chi connectivity index (χ3v) is 6.08. The zero-order chi connectivity index (χ0) is 16.6. The quantitative estimate of drug-likeness (QED) is 0.584. The lowest BCUT2D eigenvalue weighted by Gasteiger charge is -2.09. The van der Waals surface area contributed by atoms with Gasteiger partial charge in [-0.05, 0) is 36.2 Å². The molecular formula is C19H18O2S2. The minimum absolute atomic E-state index is 0.323. The monoisotopic (exact) mass is 342 g/mol. The number of carboxylic acids is 1. The highest BCUT2D eigenvalue weighted by molar-refractivity contribution is 8.00. The Balaban J connectivity index is 2.19. The molecule has 0 saturated carbocycles. The summed E-state index contributed by atoms with van der Waals surface area (Å²) in [6, 6.07) is 13.6. The molecule has 1 N–H and O–H groups in total. The molecule has 1 aromatic heterocycles. The first-order chi connectivity index (χ1) is 11.0. The predicted octanol–water partition coefficient (Wildman–Crippen LogP) is 6.08. The number of hydrogen-bond acceptors (Lipinski definition) is 3. The summed E-state index contributed by atoms with van der Waals surface area (Å²) in [5.74, 6) is -0.888. The van der Waals surface area contributed by atoms with Crippen molar-refractivity contribution < 1.29 is 9.90 Å². The third-order valence-electron chi connectivity index (χ3n) is 3.63. The van der Waals surface area contributed by atoms with E-state index in [-0.39, 0.29) is 0 Å². The van der Waals surface area contributed by atoms with E-state index in [1.165, 1.54) is 25.4 Å². The van der Waals surface area contributed by atoms with E-state index in [4.69, 9.17) is 5.11 Å². The molecule has 0 fully saturated rings. The van der Waals surface area contributed by atoms with E-state index in [2.05, 4.69) is 39.0 Å². The van der Waals surface area contributed by atoms with Gasteiger partial charge in [0.25, 0.3) is 0 Å². The third kappa shape index (κ3) is 3.14. The lowest BCUT2D eigenvalue weighted by atomic mass is 10.1. The smallest absolute Gasteiger partial charge is 0.335 e. The Kier molecular flexibility index (Phi) is 4.46. The molecule has 4 heteroatoms. The summed E-state index contributed by atoms with van der Waals surface area (Å²) in [5.41, 5.74) is 2.69. The van der Waals surface area contributed by atoms with Crippen molar-refractivity contribution in [3.63, 3.8) is 0 Å². The van der Waals surface area contributed by atoms with E-state index in [1.807, 2.05) is 23.9 Å². The zero-order valence-electron chi connectivity index (χ0n) is 13.3. The number of aromatic carboxylic acids is 1. The first-order valence-corrected chi connectivity index (χ1v) is 9.19. The second-order valence-corrected chi connectivity index (χ2v) is 8.40. The van der Waals surface area contributed by atoms with Gasteiger partial charge in [0, 0.05) is 25.1 Å². The predicted molar refractivity (Wildman–Crippen MR) is 100.0 cm³/mol. The maximum atomic E-state index is 11.0. The van der Waals surface area contributed by atoms with Crippen molar-refractivity contribution in [2.45, 2.75) is 30.9 Å². The number of thiophene rings is 1. The van der Waals surface area contributed by atoms with Gasteiger partial charge in [0.2, 0.25) is 0 Å². The molecule has 118 valence electrons. The molecule has 3 aromatic rings. The molecule has 0 amide bonds. The molecule has 1 heterocycles. The summed E-state index contributed by atoms with van der Waals surface area (Å²) >= 11 is 3.65. The van der Waals surface area contributed by atoms with Crippen LogP contribution in [0.25, 0.3) is 20.5 Å². The SMILES string of the molecule is Cc1cccc2sc(-c3ccc(C(=O)O)cc3)c(SC(C)C)c12. The lowest BCUT2D eigenvalue weighted by molar-refractivity contribution is 0.0697. The highest BCUT2D eigenvalue weighted by Crippen LogP contribution is 2.46. The van der Waals surface area contributed by atoms with Crippen molar-refractivity contribution in [2.24, 2.45) is 0 Å². The van der Waals surface area contributed by atoms with Gasteiger partial charge in [-0.3, -0.25) is 0 Å². The molecule has 0 aliphatic heterocycles. The van der Waals surface area contributed by atoms with Crippen LogP contribution in [0, 0.1) is 6.92 Å². The van der Waals surface area contributed by atoms with Gasteiger partial charge in [0.05, 0.1) is 5.56 Å². The molecule has 23 heavy (non-hydrogen) atoms. The van der Waals surface area contributed by atoms with Crippen LogP contribution in [0.15, 0.2) is 47.4 Å². The Morgan fingerprint density at radius 1 is 1.13 bits per heavy atom. The van der Waals surface area contributed by atoms with Gasteiger partial charge in [-0.2, -0.15) is 0 Å². The fourth-order valence-corrected chi connectivity index (χ4v) is 5.19. The molecule has 3 rings (SSSR count). The van der Waals surface area contributed by atoms with Crippen molar-refractivity contribution in [1.29, 1.82) is 0 Å². The second kappa shape index (κ2) is 6.38. The fraction of sp³-hybridized carbons (Fsp3) is 0.211. The normalized spacial score (nSPS) is 11.3. The molecule has 2 aromatic carbocycles. The maximum Gasteiger partial charge on any atom is 0.335 e. The minimum atomic E-state index is -0.888. The molecular weight excluding hydrogens is 324 g/mol. The average molecular weight is 342 g/mol. The van der Waals surface area contributed by atoms with Gasteiger partial charge in [-0.1, -0.05) is 38.1 Å². The van der Waals surface area contributed by atoms with E-state index < -0.39 is 5.97 Å². The summed E-state index contributed by atoms with van der Waals surface area (Å²) in [6.07, 6.45) is 0. The van der Waals surface area contributed by atoms with E-state index in [1.54, 1.807) is 23.5 Å². The molecule has 2 nitrogen and oxygen atoms in total. The van der Waals surface area contributed by atoms with Crippen LogP contribution in [-0.4, -0.2) is 16.3 Å². The van der Waals surface area contributed by atoms with Crippen LogP contribution >= 0.6 is 23.1 Å². The van der Waals surface area contributed by atoms with Crippen LogP contribution in [0.3, 0.4) is 0 Å². The van der Waals surface area contributed by atoms with Gasteiger partial charge in [0.15, 0.2) is 0 Å². The van der Waals surface area contributed by atoms with Crippen LogP contribution in [0.1, 0.15) is 29.8 Å². The Morgan fingerprint density at radius 3 is 2.43 bits per heavy atom. The van der Waals surface area contributed by atoms with E-state index in [9.17, 15) is 4.79 Å². The standard InChI is InChI=1S/C19H18O2S2/c1-11(2)22-18-16-12(3)5-4-6-15(16)23-17(18)13-7-9-14(10-8-13)19(20)21/h4-11H,1-3H3,(H,20,21). The Hall–Kier alpha value is -1.78. The molecule has 0 bridgehead atoms. The number of rotatable bonds is 4. The van der Waals surface area contributed by atoms with Crippen molar-refractivity contribution >= 4 is 39.2 Å². The number of thioether (sulfide) groups is 1. The summed E-state index contributed by atoms with van der Waals surface area (Å²) in [6.45, 7) is 6.55. The molecule has 0 radical (unpaired) electrons. The van der Waals surface area contributed by atoms with Crippen LogP contribution in [0.5, 0.6) is 0 Å². The average Bonchev–Trinajstić information content (AvgIpc) is 2.86. The number of carboxylic acid groups (broad SMARTS) is 1. The summed E-state index contributed by atoms with van der Waals surface area (Å²) < 4.78 is 1.28. The summed E-state index contributed by atoms with van der Waals surface area (Å²) in [5, 5.41) is 10.9. The first-order valence-electron chi connectivity index (χ1n) is 7.50. The van der Waals surface area contributed by atoms with Gasteiger partial charge in [-0.25, -0.2) is 4.79 Å². The first kappa shape index (κ1) is 16.1. The van der Waals surface area contributed by atoms with Crippen molar-refractivity contribution in [3.8, 4) is 10.4 Å². The zero-order valence-corrected chi connectivity index (χ0v) is 14.9. The number of aryl methyl sites for hydroxylation is 1. The maximum absolute atomic E-state index is 11.0. The lowest BCUT2D eigenvalue weighted by Crippen LogP contribution is -1.95. The molecule has 0 atom stereocenters. The van der Waals surface area contributed by atoms with Crippen molar-refractivity contribution in [3.05, 3.63) is 53.6 Å². The highest BCUT2D eigenvalue weighted by atomic mass is 32.2. The Bertz CT molecular complexity index is 861. The van der Waals surface area contributed by atoms with Crippen molar-refractivity contribution in [1.82, 2.24) is 0 Å². The van der Waals surface area contributed by atoms with E-state index in [0.29, 0.717) is 10.8 Å². The highest BCUT2D eigenvalue weighted by Gasteiger charge is 2.17. The van der Waals surface area contributed by atoms with Crippen LogP contribution in [0.4, 0.5) is 0 Å².